The largest absolute Gasteiger partial charge is 0.298 e. The number of thiophene rings is 1. The Balaban J connectivity index is 1.98. The van der Waals surface area contributed by atoms with Crippen molar-refractivity contribution < 1.29 is 4.79 Å². The van der Waals surface area contributed by atoms with E-state index in [1.807, 2.05) is 54.2 Å². The molecule has 0 spiro atoms. The molecule has 0 N–H and O–H groups in total. The van der Waals surface area contributed by atoms with Crippen LogP contribution < -0.4 is 0 Å². The van der Waals surface area contributed by atoms with Crippen LogP contribution >= 0.6 is 34.9 Å². The first-order chi connectivity index (χ1) is 12.8. The molecule has 0 bridgehead atoms. The minimum Gasteiger partial charge on any atom is -0.298 e. The second-order valence-electron chi connectivity index (χ2n) is 5.76. The number of carbonyl (C=O) groups is 1. The molecule has 0 amide bonds. The second kappa shape index (κ2) is 9.95. The first-order valence-corrected chi connectivity index (χ1v) is 11.7. The van der Waals surface area contributed by atoms with Crippen LogP contribution in [0.3, 0.4) is 0 Å². The van der Waals surface area contributed by atoms with Gasteiger partial charge in [-0.05, 0) is 40.8 Å². The lowest BCUT2D eigenvalue weighted by atomic mass is 10.0. The lowest BCUT2D eigenvalue weighted by Gasteiger charge is -2.12. The van der Waals surface area contributed by atoms with Gasteiger partial charge in [0.25, 0.3) is 0 Å². The molecular weight excluding hydrogens is 378 g/mol. The maximum absolute atomic E-state index is 11.9. The van der Waals surface area contributed by atoms with Crippen molar-refractivity contribution in [1.29, 1.82) is 0 Å². The van der Waals surface area contributed by atoms with E-state index in [9.17, 15) is 4.79 Å². The van der Waals surface area contributed by atoms with E-state index in [1.54, 1.807) is 23.1 Å². The smallest absolute Gasteiger partial charge is 0.153 e. The fourth-order valence-corrected chi connectivity index (χ4v) is 5.47. The van der Waals surface area contributed by atoms with Crippen LogP contribution in [-0.2, 0) is 0 Å². The molecule has 0 saturated heterocycles. The van der Waals surface area contributed by atoms with Gasteiger partial charge in [-0.3, -0.25) is 4.79 Å². The van der Waals surface area contributed by atoms with Gasteiger partial charge in [-0.25, -0.2) is 4.98 Å². The number of hydrogen-bond acceptors (Lipinski definition) is 5. The van der Waals surface area contributed by atoms with Crippen molar-refractivity contribution in [3.05, 3.63) is 59.5 Å². The minimum atomic E-state index is 0.692. The van der Waals surface area contributed by atoms with Crippen LogP contribution in [0, 0.1) is 0 Å². The van der Waals surface area contributed by atoms with E-state index in [1.165, 1.54) is 12.8 Å². The zero-order valence-corrected chi connectivity index (χ0v) is 17.1. The number of benzene rings is 1. The second-order valence-corrected chi connectivity index (χ2v) is 9.14. The van der Waals surface area contributed by atoms with Crippen LogP contribution in [0.4, 0.5) is 0 Å². The molecule has 0 unspecified atom stereocenters. The molecule has 0 aliphatic carbocycles. The molecule has 0 atom stereocenters. The highest BCUT2D eigenvalue weighted by molar-refractivity contribution is 8.16. The molecule has 0 radical (unpaired) electrons. The van der Waals surface area contributed by atoms with Gasteiger partial charge in [-0.1, -0.05) is 61.5 Å². The summed E-state index contributed by atoms with van der Waals surface area (Å²) < 4.78 is 0. The molecular formula is C21H21NOS3. The van der Waals surface area contributed by atoms with Gasteiger partial charge in [-0.2, -0.15) is 11.8 Å². The van der Waals surface area contributed by atoms with E-state index in [4.69, 9.17) is 4.98 Å². The number of nitrogens with zero attached hydrogens (tertiary/aromatic N) is 1. The van der Waals surface area contributed by atoms with Crippen LogP contribution in [0.25, 0.3) is 21.7 Å². The molecule has 2 aromatic heterocycles. The van der Waals surface area contributed by atoms with E-state index in [2.05, 4.69) is 18.4 Å². The standard InChI is InChI=1S/C21H21NOS3/c1-2-3-11-24-15-26-21-18(14-23)17(16-8-5-4-6-9-16)13-19(22-21)20-10-7-12-25-20/h4-10,12-14H,2-3,11,15H2,1H3. The Bertz CT molecular complexity index is 832. The van der Waals surface area contributed by atoms with Crippen LogP contribution in [0.15, 0.2) is 58.9 Å². The van der Waals surface area contributed by atoms with Gasteiger partial charge in [0.05, 0.1) is 16.1 Å². The number of hydrogen-bond donors (Lipinski definition) is 0. The van der Waals surface area contributed by atoms with Gasteiger partial charge in [0.2, 0.25) is 0 Å². The highest BCUT2D eigenvalue weighted by Gasteiger charge is 2.15. The fraction of sp³-hybridized carbons (Fsp3) is 0.238. The average Bonchev–Trinajstić information content (AvgIpc) is 3.22. The van der Waals surface area contributed by atoms with E-state index in [-0.39, 0.29) is 0 Å². The molecule has 0 saturated carbocycles. The van der Waals surface area contributed by atoms with Crippen molar-refractivity contribution in [2.45, 2.75) is 24.8 Å². The topological polar surface area (TPSA) is 30.0 Å². The first-order valence-electron chi connectivity index (χ1n) is 8.63. The van der Waals surface area contributed by atoms with Gasteiger partial charge >= 0.3 is 0 Å². The summed E-state index contributed by atoms with van der Waals surface area (Å²) in [7, 11) is 0. The third kappa shape index (κ3) is 4.78. The summed E-state index contributed by atoms with van der Waals surface area (Å²) in [6, 6.07) is 16.2. The molecule has 0 aliphatic rings. The van der Waals surface area contributed by atoms with Gasteiger partial charge < -0.3 is 0 Å². The average molecular weight is 400 g/mol. The predicted molar refractivity (Wildman–Crippen MR) is 116 cm³/mol. The minimum absolute atomic E-state index is 0.692. The van der Waals surface area contributed by atoms with Crippen molar-refractivity contribution in [2.24, 2.45) is 0 Å². The summed E-state index contributed by atoms with van der Waals surface area (Å²) in [5, 5.41) is 3.80. The first kappa shape index (κ1) is 19.2. The molecule has 26 heavy (non-hydrogen) atoms. The quantitative estimate of drug-likeness (QED) is 0.170. The number of aromatic nitrogens is 1. The Morgan fingerprint density at radius 2 is 2.00 bits per heavy atom. The van der Waals surface area contributed by atoms with Gasteiger partial charge in [0.1, 0.15) is 5.03 Å². The van der Waals surface area contributed by atoms with Gasteiger partial charge in [0.15, 0.2) is 6.29 Å². The van der Waals surface area contributed by atoms with E-state index >= 15 is 0 Å². The van der Waals surface area contributed by atoms with E-state index < -0.39 is 0 Å². The summed E-state index contributed by atoms with van der Waals surface area (Å²) in [5.74, 6) is 1.15. The maximum Gasteiger partial charge on any atom is 0.153 e. The number of pyridine rings is 1. The fourth-order valence-electron chi connectivity index (χ4n) is 2.57. The zero-order valence-electron chi connectivity index (χ0n) is 14.7. The van der Waals surface area contributed by atoms with E-state index in [0.717, 1.165) is 43.8 Å². The number of carbonyl (C=O) groups excluding carboxylic acids is 1. The molecule has 1 aromatic carbocycles. The molecule has 3 aromatic rings. The molecule has 0 fully saturated rings. The van der Waals surface area contributed by atoms with Crippen molar-refractivity contribution in [3.63, 3.8) is 0 Å². The number of unbranched alkanes of at least 4 members (excludes halogenated alkanes) is 1. The summed E-state index contributed by atoms with van der Waals surface area (Å²) in [6.07, 6.45) is 3.39. The molecule has 3 rings (SSSR count). The Kier molecular flexibility index (Phi) is 7.35. The molecule has 2 nitrogen and oxygen atoms in total. The Morgan fingerprint density at radius 1 is 1.15 bits per heavy atom. The third-order valence-corrected chi connectivity index (χ3v) is 7.11. The summed E-state index contributed by atoms with van der Waals surface area (Å²) >= 11 is 5.25. The third-order valence-electron chi connectivity index (χ3n) is 3.92. The highest BCUT2D eigenvalue weighted by Crippen LogP contribution is 2.35. The van der Waals surface area contributed by atoms with Gasteiger partial charge in [0, 0.05) is 5.08 Å². The molecule has 5 heteroatoms. The lowest BCUT2D eigenvalue weighted by Crippen LogP contribution is -1.97. The molecule has 0 aliphatic heterocycles. The van der Waals surface area contributed by atoms with Crippen molar-refractivity contribution in [2.75, 3.05) is 10.8 Å². The van der Waals surface area contributed by atoms with Crippen molar-refractivity contribution >= 4 is 41.1 Å². The normalized spacial score (nSPS) is 10.8. The van der Waals surface area contributed by atoms with Crippen molar-refractivity contribution in [3.8, 4) is 21.7 Å². The molecule has 2 heterocycles. The van der Waals surface area contributed by atoms with Crippen molar-refractivity contribution in [1.82, 2.24) is 4.98 Å². The summed E-state index contributed by atoms with van der Waals surface area (Å²) in [4.78, 5) is 17.8. The van der Waals surface area contributed by atoms with Crippen LogP contribution in [0.5, 0.6) is 0 Å². The highest BCUT2D eigenvalue weighted by atomic mass is 32.2. The van der Waals surface area contributed by atoms with Gasteiger partial charge in [-0.15, -0.1) is 11.3 Å². The Labute approximate surface area is 167 Å². The monoisotopic (exact) mass is 399 g/mol. The van der Waals surface area contributed by atoms with Crippen LogP contribution in [-0.4, -0.2) is 22.1 Å². The Hall–Kier alpha value is -1.56. The predicted octanol–water partition coefficient (Wildman–Crippen LogP) is 6.87. The number of rotatable bonds is 9. The SMILES string of the molecule is CCCCSCSc1nc(-c2cccs2)cc(-c2ccccc2)c1C=O. The summed E-state index contributed by atoms with van der Waals surface area (Å²) in [5.41, 5.74) is 3.64. The van der Waals surface area contributed by atoms with E-state index in [0.29, 0.717) is 5.56 Å². The summed E-state index contributed by atoms with van der Waals surface area (Å²) in [6.45, 7) is 2.20. The number of aldehydes is 1. The Morgan fingerprint density at radius 3 is 2.69 bits per heavy atom. The lowest BCUT2D eigenvalue weighted by molar-refractivity contribution is 0.112. The molecule has 134 valence electrons. The van der Waals surface area contributed by atoms with Crippen LogP contribution in [0.2, 0.25) is 0 Å². The number of thioether (sulfide) groups is 2. The zero-order chi connectivity index (χ0) is 18.2. The van der Waals surface area contributed by atoms with Crippen LogP contribution in [0.1, 0.15) is 30.1 Å². The maximum atomic E-state index is 11.9.